The first-order valence-corrected chi connectivity index (χ1v) is 9.37. The van der Waals surface area contributed by atoms with Gasteiger partial charge in [0.1, 0.15) is 5.82 Å². The predicted molar refractivity (Wildman–Crippen MR) is 108 cm³/mol. The molecule has 3 aromatic rings. The molecule has 0 radical (unpaired) electrons. The molecule has 0 bridgehead atoms. The molecule has 0 saturated carbocycles. The predicted octanol–water partition coefficient (Wildman–Crippen LogP) is 5.05. The monoisotopic (exact) mass is 344 g/mol. The first kappa shape index (κ1) is 16.6. The number of aryl methyl sites for hydroxylation is 1. The van der Waals surface area contributed by atoms with Crippen molar-refractivity contribution in [2.45, 2.75) is 26.2 Å². The largest absolute Gasteiger partial charge is 0.356 e. The summed E-state index contributed by atoms with van der Waals surface area (Å²) in [5.41, 5.74) is 4.40. The molecule has 1 aliphatic rings. The van der Waals surface area contributed by atoms with Crippen LogP contribution in [0.3, 0.4) is 0 Å². The molecule has 4 nitrogen and oxygen atoms in total. The van der Waals surface area contributed by atoms with E-state index in [1.54, 1.807) is 0 Å². The molecule has 1 N–H and O–H groups in total. The van der Waals surface area contributed by atoms with Crippen molar-refractivity contribution in [2.75, 3.05) is 23.3 Å². The average molecular weight is 344 g/mol. The molecule has 1 saturated heterocycles. The number of anilines is 3. The Morgan fingerprint density at radius 3 is 2.35 bits per heavy atom. The van der Waals surface area contributed by atoms with Crippen LogP contribution in [0.4, 0.5) is 17.5 Å². The zero-order chi connectivity index (χ0) is 17.8. The van der Waals surface area contributed by atoms with Gasteiger partial charge >= 0.3 is 0 Å². The lowest BCUT2D eigenvalue weighted by molar-refractivity contribution is 0.931. The number of benzene rings is 2. The van der Waals surface area contributed by atoms with E-state index < -0.39 is 0 Å². The molecule has 132 valence electrons. The molecule has 4 rings (SSSR count). The maximum atomic E-state index is 4.78. The van der Waals surface area contributed by atoms with Gasteiger partial charge in [-0.15, -0.1) is 0 Å². The molecule has 0 spiro atoms. The Kier molecular flexibility index (Phi) is 4.82. The standard InChI is InChI=1S/C22H24N4/c1-2-17-10-12-19(13-11-17)23-22-24-20(18-8-4-3-5-9-18)16-21(25-22)26-14-6-7-15-26/h3-5,8-13,16H,2,6-7,14-15H2,1H3,(H,23,24,25). The average Bonchev–Trinajstić information content (AvgIpc) is 3.24. The van der Waals surface area contributed by atoms with Gasteiger partial charge in [-0.3, -0.25) is 0 Å². The number of nitrogens with one attached hydrogen (secondary N) is 1. The zero-order valence-electron chi connectivity index (χ0n) is 15.2. The number of rotatable bonds is 5. The van der Waals surface area contributed by atoms with Gasteiger partial charge in [0.15, 0.2) is 0 Å². The normalized spacial score (nSPS) is 13.8. The van der Waals surface area contributed by atoms with E-state index in [4.69, 9.17) is 9.97 Å². The van der Waals surface area contributed by atoms with E-state index in [0.717, 1.165) is 42.3 Å². The van der Waals surface area contributed by atoms with Crippen LogP contribution in [0.2, 0.25) is 0 Å². The van der Waals surface area contributed by atoms with Gasteiger partial charge in [0, 0.05) is 30.4 Å². The van der Waals surface area contributed by atoms with Gasteiger partial charge in [0.25, 0.3) is 0 Å². The summed E-state index contributed by atoms with van der Waals surface area (Å²) in [6, 6.07) is 20.9. The molecular weight excluding hydrogens is 320 g/mol. The molecule has 0 unspecified atom stereocenters. The molecule has 1 aliphatic heterocycles. The molecule has 1 fully saturated rings. The zero-order valence-corrected chi connectivity index (χ0v) is 15.2. The number of hydrogen-bond acceptors (Lipinski definition) is 4. The van der Waals surface area contributed by atoms with E-state index in [-0.39, 0.29) is 0 Å². The summed E-state index contributed by atoms with van der Waals surface area (Å²) in [6.07, 6.45) is 3.50. The second kappa shape index (κ2) is 7.56. The van der Waals surface area contributed by atoms with E-state index in [1.165, 1.54) is 18.4 Å². The summed E-state index contributed by atoms with van der Waals surface area (Å²) < 4.78 is 0. The molecular formula is C22H24N4. The first-order valence-electron chi connectivity index (χ1n) is 9.37. The van der Waals surface area contributed by atoms with Gasteiger partial charge in [-0.2, -0.15) is 4.98 Å². The number of nitrogens with zero attached hydrogens (tertiary/aromatic N) is 3. The molecule has 0 atom stereocenters. The van der Waals surface area contributed by atoms with E-state index in [2.05, 4.69) is 59.6 Å². The highest BCUT2D eigenvalue weighted by Crippen LogP contribution is 2.27. The van der Waals surface area contributed by atoms with E-state index >= 15 is 0 Å². The van der Waals surface area contributed by atoms with Crippen LogP contribution in [0.25, 0.3) is 11.3 Å². The Bertz CT molecular complexity index is 853. The summed E-state index contributed by atoms with van der Waals surface area (Å²) in [6.45, 7) is 4.29. The van der Waals surface area contributed by atoms with Crippen molar-refractivity contribution in [3.63, 3.8) is 0 Å². The number of aromatic nitrogens is 2. The highest BCUT2D eigenvalue weighted by molar-refractivity contribution is 5.66. The minimum atomic E-state index is 0.650. The summed E-state index contributed by atoms with van der Waals surface area (Å²) in [7, 11) is 0. The molecule has 0 amide bonds. The fourth-order valence-corrected chi connectivity index (χ4v) is 3.31. The number of hydrogen-bond donors (Lipinski definition) is 1. The van der Waals surface area contributed by atoms with Crippen molar-refractivity contribution in [2.24, 2.45) is 0 Å². The third-order valence-corrected chi connectivity index (χ3v) is 4.83. The SMILES string of the molecule is CCc1ccc(Nc2nc(-c3ccccc3)cc(N3CCCC3)n2)cc1. The van der Waals surface area contributed by atoms with Crippen LogP contribution in [0.15, 0.2) is 60.7 Å². The van der Waals surface area contributed by atoms with E-state index in [9.17, 15) is 0 Å². The second-order valence-corrected chi connectivity index (χ2v) is 6.67. The smallest absolute Gasteiger partial charge is 0.229 e. The van der Waals surface area contributed by atoms with Crippen LogP contribution >= 0.6 is 0 Å². The summed E-state index contributed by atoms with van der Waals surface area (Å²) in [5, 5.41) is 3.38. The van der Waals surface area contributed by atoms with E-state index in [1.807, 2.05) is 18.2 Å². The van der Waals surface area contributed by atoms with Crippen molar-refractivity contribution < 1.29 is 0 Å². The van der Waals surface area contributed by atoms with Gasteiger partial charge in [0.2, 0.25) is 5.95 Å². The minimum Gasteiger partial charge on any atom is -0.356 e. The summed E-state index contributed by atoms with van der Waals surface area (Å²) in [4.78, 5) is 11.9. The molecule has 26 heavy (non-hydrogen) atoms. The third kappa shape index (κ3) is 3.69. The van der Waals surface area contributed by atoms with Gasteiger partial charge in [-0.25, -0.2) is 4.98 Å². The lowest BCUT2D eigenvalue weighted by atomic mass is 10.1. The van der Waals surface area contributed by atoms with Crippen molar-refractivity contribution in [1.29, 1.82) is 0 Å². The highest BCUT2D eigenvalue weighted by Gasteiger charge is 2.16. The lowest BCUT2D eigenvalue weighted by Gasteiger charge is -2.18. The van der Waals surface area contributed by atoms with Crippen molar-refractivity contribution in [1.82, 2.24) is 9.97 Å². The lowest BCUT2D eigenvalue weighted by Crippen LogP contribution is -2.19. The Morgan fingerprint density at radius 2 is 1.65 bits per heavy atom. The Balaban J connectivity index is 1.68. The van der Waals surface area contributed by atoms with E-state index in [0.29, 0.717) is 5.95 Å². The quantitative estimate of drug-likeness (QED) is 0.703. The fraction of sp³-hybridized carbons (Fsp3) is 0.273. The second-order valence-electron chi connectivity index (χ2n) is 6.67. The van der Waals surface area contributed by atoms with Crippen LogP contribution in [-0.2, 0) is 6.42 Å². The van der Waals surface area contributed by atoms with Gasteiger partial charge in [-0.05, 0) is 37.0 Å². The van der Waals surface area contributed by atoms with Crippen LogP contribution < -0.4 is 10.2 Å². The molecule has 2 heterocycles. The maximum absolute atomic E-state index is 4.78. The Labute approximate surface area is 154 Å². The topological polar surface area (TPSA) is 41.1 Å². The van der Waals surface area contributed by atoms with Crippen molar-refractivity contribution in [3.8, 4) is 11.3 Å². The van der Waals surface area contributed by atoms with Crippen LogP contribution in [0.5, 0.6) is 0 Å². The van der Waals surface area contributed by atoms with Gasteiger partial charge in [0.05, 0.1) is 5.69 Å². The molecule has 1 aromatic heterocycles. The highest BCUT2D eigenvalue weighted by atomic mass is 15.2. The fourth-order valence-electron chi connectivity index (χ4n) is 3.31. The van der Waals surface area contributed by atoms with Gasteiger partial charge < -0.3 is 10.2 Å². The Morgan fingerprint density at radius 1 is 0.923 bits per heavy atom. The van der Waals surface area contributed by atoms with Crippen LogP contribution in [-0.4, -0.2) is 23.1 Å². The summed E-state index contributed by atoms with van der Waals surface area (Å²) in [5.74, 6) is 1.65. The van der Waals surface area contributed by atoms with Crippen LogP contribution in [0, 0.1) is 0 Å². The Hall–Kier alpha value is -2.88. The third-order valence-electron chi connectivity index (χ3n) is 4.83. The molecule has 2 aromatic carbocycles. The van der Waals surface area contributed by atoms with Crippen molar-refractivity contribution >= 4 is 17.5 Å². The van der Waals surface area contributed by atoms with Gasteiger partial charge in [-0.1, -0.05) is 49.4 Å². The van der Waals surface area contributed by atoms with Crippen LogP contribution in [0.1, 0.15) is 25.3 Å². The minimum absolute atomic E-state index is 0.650. The summed E-state index contributed by atoms with van der Waals surface area (Å²) >= 11 is 0. The van der Waals surface area contributed by atoms with Crippen molar-refractivity contribution in [3.05, 3.63) is 66.2 Å². The maximum Gasteiger partial charge on any atom is 0.229 e. The molecule has 0 aliphatic carbocycles. The molecule has 4 heteroatoms. The first-order chi connectivity index (χ1) is 12.8.